The molecule has 1 aliphatic rings. The van der Waals surface area contributed by atoms with E-state index in [0.29, 0.717) is 25.8 Å². The predicted octanol–water partition coefficient (Wildman–Crippen LogP) is 0.387. The topological polar surface area (TPSA) is 162 Å². The lowest BCUT2D eigenvalue weighted by molar-refractivity contribution is -0.139. The van der Waals surface area contributed by atoms with E-state index < -0.39 is 53.8 Å². The monoisotopic (exact) mass is 536 g/mol. The van der Waals surface area contributed by atoms with Crippen molar-refractivity contribution in [1.29, 1.82) is 0 Å². The summed E-state index contributed by atoms with van der Waals surface area (Å²) >= 11 is 5.86. The second-order valence-electron chi connectivity index (χ2n) is 8.97. The Balaban J connectivity index is 1.95. The summed E-state index contributed by atoms with van der Waals surface area (Å²) in [6, 6.07) is 5.95. The van der Waals surface area contributed by atoms with E-state index in [1.807, 2.05) is 30.3 Å². The zero-order valence-electron chi connectivity index (χ0n) is 20.9. The molecule has 1 aromatic carbocycles. The first-order chi connectivity index (χ1) is 17.5. The summed E-state index contributed by atoms with van der Waals surface area (Å²) in [5, 5.41) is 15.7. The van der Waals surface area contributed by atoms with Gasteiger partial charge < -0.3 is 15.7 Å². The molecule has 37 heavy (non-hydrogen) atoms. The molecule has 4 N–H and O–H groups in total. The Kier molecular flexibility index (Phi) is 11.7. The summed E-state index contributed by atoms with van der Waals surface area (Å²) in [6.07, 6.45) is 0.847. The van der Waals surface area contributed by atoms with E-state index in [4.69, 9.17) is 16.7 Å². The quantitative estimate of drug-likeness (QED) is 0.263. The van der Waals surface area contributed by atoms with Gasteiger partial charge in [0.2, 0.25) is 23.6 Å². The van der Waals surface area contributed by atoms with E-state index in [-0.39, 0.29) is 24.5 Å². The SMILES string of the molecule is C[C@H](NC(=O)CCC(=O)O)C(=O)N[C@@H](C)C(=O)NC(=O)[C@@H]1CCCN1C(Cc1ccccc1)C(=O)CCl. The van der Waals surface area contributed by atoms with E-state index >= 15 is 0 Å². The highest BCUT2D eigenvalue weighted by Crippen LogP contribution is 2.23. The molecule has 4 atom stereocenters. The lowest BCUT2D eigenvalue weighted by Gasteiger charge is -2.31. The van der Waals surface area contributed by atoms with Crippen LogP contribution in [0.3, 0.4) is 0 Å². The molecule has 1 fully saturated rings. The van der Waals surface area contributed by atoms with Crippen molar-refractivity contribution < 1.29 is 33.9 Å². The first-order valence-electron chi connectivity index (χ1n) is 12.1. The van der Waals surface area contributed by atoms with Gasteiger partial charge >= 0.3 is 5.97 Å². The van der Waals surface area contributed by atoms with Crippen molar-refractivity contribution in [3.05, 3.63) is 35.9 Å². The molecule has 0 radical (unpaired) electrons. The van der Waals surface area contributed by atoms with Gasteiger partial charge in [0.05, 0.1) is 24.4 Å². The number of aliphatic carboxylic acids is 1. The number of ketones is 1. The molecule has 12 heteroatoms. The fourth-order valence-electron chi connectivity index (χ4n) is 4.10. The molecule has 1 heterocycles. The highest BCUT2D eigenvalue weighted by atomic mass is 35.5. The molecular weight excluding hydrogens is 504 g/mol. The number of nitrogens with one attached hydrogen (secondary N) is 3. The van der Waals surface area contributed by atoms with Crippen LogP contribution in [0.1, 0.15) is 45.1 Å². The van der Waals surface area contributed by atoms with E-state index in [1.165, 1.54) is 13.8 Å². The van der Waals surface area contributed by atoms with Crippen molar-refractivity contribution in [1.82, 2.24) is 20.9 Å². The molecule has 0 bridgehead atoms. The van der Waals surface area contributed by atoms with Crippen molar-refractivity contribution in [3.8, 4) is 0 Å². The molecule has 1 saturated heterocycles. The molecule has 0 saturated carbocycles. The molecule has 1 unspecified atom stereocenters. The van der Waals surface area contributed by atoms with Crippen LogP contribution in [0.5, 0.6) is 0 Å². The lowest BCUT2D eigenvalue weighted by atomic mass is 10.0. The Labute approximate surface area is 220 Å². The first-order valence-corrected chi connectivity index (χ1v) is 12.6. The fraction of sp³-hybridized carbons (Fsp3) is 0.520. The second kappa shape index (κ2) is 14.4. The maximum Gasteiger partial charge on any atom is 0.303 e. The minimum Gasteiger partial charge on any atom is -0.481 e. The molecule has 0 aromatic heterocycles. The van der Waals surface area contributed by atoms with E-state index in [1.54, 1.807) is 4.90 Å². The molecular formula is C25H33ClN4O7. The third-order valence-corrected chi connectivity index (χ3v) is 6.37. The van der Waals surface area contributed by atoms with E-state index in [2.05, 4.69) is 16.0 Å². The summed E-state index contributed by atoms with van der Waals surface area (Å²) in [6.45, 7) is 3.28. The zero-order chi connectivity index (χ0) is 27.5. The Morgan fingerprint density at radius 3 is 2.27 bits per heavy atom. The van der Waals surface area contributed by atoms with Crippen LogP contribution in [-0.4, -0.2) is 82.0 Å². The Morgan fingerprint density at radius 1 is 1.00 bits per heavy atom. The number of benzene rings is 1. The van der Waals surface area contributed by atoms with Gasteiger partial charge in [-0.15, -0.1) is 11.6 Å². The Morgan fingerprint density at radius 2 is 1.65 bits per heavy atom. The van der Waals surface area contributed by atoms with Gasteiger partial charge in [0, 0.05) is 6.42 Å². The summed E-state index contributed by atoms with van der Waals surface area (Å²) < 4.78 is 0. The van der Waals surface area contributed by atoms with Crippen LogP contribution in [0.25, 0.3) is 0 Å². The summed E-state index contributed by atoms with van der Waals surface area (Å²) in [4.78, 5) is 74.7. The van der Waals surface area contributed by atoms with Crippen molar-refractivity contribution >= 4 is 47.0 Å². The fourth-order valence-corrected chi connectivity index (χ4v) is 4.28. The largest absolute Gasteiger partial charge is 0.481 e. The maximum atomic E-state index is 13.0. The first kappa shape index (κ1) is 29.9. The maximum absolute atomic E-state index is 13.0. The molecule has 4 amide bonds. The van der Waals surface area contributed by atoms with Crippen LogP contribution in [0.15, 0.2) is 30.3 Å². The van der Waals surface area contributed by atoms with Gasteiger partial charge in [0.1, 0.15) is 12.1 Å². The summed E-state index contributed by atoms with van der Waals surface area (Å²) in [5.74, 6) is -4.14. The number of likely N-dealkylation sites (tertiary alicyclic amines) is 1. The van der Waals surface area contributed by atoms with E-state index in [0.717, 1.165) is 5.56 Å². The van der Waals surface area contributed by atoms with Gasteiger partial charge in [0.25, 0.3) is 0 Å². The van der Waals surface area contributed by atoms with Crippen LogP contribution in [-0.2, 0) is 35.2 Å². The van der Waals surface area contributed by atoms with Crippen LogP contribution in [0, 0.1) is 0 Å². The minimum absolute atomic E-state index is 0.199. The molecule has 0 spiro atoms. The number of hydrogen-bond donors (Lipinski definition) is 4. The Bertz CT molecular complexity index is 1000. The Hall–Kier alpha value is -3.31. The molecule has 1 aromatic rings. The van der Waals surface area contributed by atoms with Gasteiger partial charge in [0.15, 0.2) is 5.78 Å². The van der Waals surface area contributed by atoms with Crippen molar-refractivity contribution in [3.63, 3.8) is 0 Å². The molecule has 2 rings (SSSR count). The third kappa shape index (κ3) is 9.25. The average Bonchev–Trinajstić information content (AvgIpc) is 3.35. The molecule has 11 nitrogen and oxygen atoms in total. The number of carbonyl (C=O) groups is 6. The number of rotatable bonds is 13. The second-order valence-corrected chi connectivity index (χ2v) is 9.24. The standard InChI is InChI=1S/C25H33ClN4O7/c1-15(27-21(32)10-11-22(33)34)23(35)28-16(2)24(36)29-25(37)18-9-6-12-30(18)19(20(31)14-26)13-17-7-4-3-5-8-17/h3-5,7-8,15-16,18-19H,6,9-14H2,1-2H3,(H,27,32)(H,28,35)(H,33,34)(H,29,36,37)/t15-,16-,18-,19?/m0/s1. The van der Waals surface area contributed by atoms with Crippen LogP contribution in [0.4, 0.5) is 0 Å². The number of Topliss-reactive ketones (excluding diaryl/α,β-unsaturated/α-hetero) is 1. The van der Waals surface area contributed by atoms with Crippen molar-refractivity contribution in [2.45, 2.75) is 70.1 Å². The van der Waals surface area contributed by atoms with Gasteiger partial charge in [-0.3, -0.25) is 39.0 Å². The average molecular weight is 537 g/mol. The number of hydrogen-bond acceptors (Lipinski definition) is 7. The molecule has 202 valence electrons. The summed E-state index contributed by atoms with van der Waals surface area (Å²) in [7, 11) is 0. The van der Waals surface area contributed by atoms with Gasteiger partial charge in [-0.25, -0.2) is 0 Å². The van der Waals surface area contributed by atoms with E-state index in [9.17, 15) is 28.8 Å². The third-order valence-electron chi connectivity index (χ3n) is 6.11. The number of carboxylic acid groups (broad SMARTS) is 1. The number of carbonyl (C=O) groups excluding carboxylic acids is 5. The minimum atomic E-state index is -1.14. The van der Waals surface area contributed by atoms with Gasteiger partial charge in [-0.2, -0.15) is 0 Å². The number of carboxylic acids is 1. The van der Waals surface area contributed by atoms with Crippen LogP contribution >= 0.6 is 11.6 Å². The molecule has 0 aliphatic carbocycles. The zero-order valence-corrected chi connectivity index (χ0v) is 21.6. The number of amides is 4. The van der Waals surface area contributed by atoms with Crippen LogP contribution < -0.4 is 16.0 Å². The summed E-state index contributed by atoms with van der Waals surface area (Å²) in [5.41, 5.74) is 0.925. The van der Waals surface area contributed by atoms with Gasteiger partial charge in [-0.05, 0) is 45.2 Å². The van der Waals surface area contributed by atoms with Crippen molar-refractivity contribution in [2.24, 2.45) is 0 Å². The highest BCUT2D eigenvalue weighted by molar-refractivity contribution is 6.28. The smallest absolute Gasteiger partial charge is 0.303 e. The number of nitrogens with zero attached hydrogens (tertiary/aromatic N) is 1. The molecule has 1 aliphatic heterocycles. The number of imide groups is 1. The van der Waals surface area contributed by atoms with Crippen molar-refractivity contribution in [2.75, 3.05) is 12.4 Å². The predicted molar refractivity (Wildman–Crippen MR) is 135 cm³/mol. The van der Waals surface area contributed by atoms with Crippen LogP contribution in [0.2, 0.25) is 0 Å². The lowest BCUT2D eigenvalue weighted by Crippen LogP contribution is -2.56. The normalized spacial score (nSPS) is 17.8. The number of halogens is 1. The van der Waals surface area contributed by atoms with Gasteiger partial charge in [-0.1, -0.05) is 30.3 Å². The number of alkyl halides is 1. The highest BCUT2D eigenvalue weighted by Gasteiger charge is 2.39.